The molecule has 0 spiro atoms. The van der Waals surface area contributed by atoms with Crippen LogP contribution in [0.25, 0.3) is 0 Å². The van der Waals surface area contributed by atoms with Gasteiger partial charge >= 0.3 is 6.09 Å². The quantitative estimate of drug-likeness (QED) is 0.625. The molecule has 1 rings (SSSR count). The molecule has 5 heteroatoms. The van der Waals surface area contributed by atoms with Crippen LogP contribution in [0.1, 0.15) is 25.7 Å². The Kier molecular flexibility index (Phi) is 4.64. The molecule has 1 N–H and O–H groups in total. The first-order chi connectivity index (χ1) is 6.63. The Labute approximate surface area is 96.9 Å². The molecule has 80 valence electrons. The summed E-state index contributed by atoms with van der Waals surface area (Å²) in [5.74, 6) is 0.186. The molecule has 1 amide bonds. The van der Waals surface area contributed by atoms with Crippen LogP contribution in [0.5, 0.6) is 0 Å². The second-order valence-corrected chi connectivity index (χ2v) is 4.55. The molecule has 1 saturated carbocycles. The Morgan fingerprint density at radius 2 is 1.86 bits per heavy atom. The molecular formula is C9H14INO3. The smallest absolute Gasteiger partial charge is 0.407 e. The van der Waals surface area contributed by atoms with E-state index in [1.807, 2.05) is 22.6 Å². The van der Waals surface area contributed by atoms with Crippen LogP contribution in [0.4, 0.5) is 4.79 Å². The van der Waals surface area contributed by atoms with Crippen molar-refractivity contribution in [2.75, 3.05) is 7.11 Å². The van der Waals surface area contributed by atoms with Gasteiger partial charge in [0.1, 0.15) is 0 Å². The maximum Gasteiger partial charge on any atom is 0.407 e. The van der Waals surface area contributed by atoms with Crippen LogP contribution in [-0.2, 0) is 9.53 Å². The average Bonchev–Trinajstić information content (AvgIpc) is 2.18. The van der Waals surface area contributed by atoms with E-state index in [1.54, 1.807) is 0 Å². The summed E-state index contributed by atoms with van der Waals surface area (Å²) in [6.07, 6.45) is 3.10. The van der Waals surface area contributed by atoms with Gasteiger partial charge < -0.3 is 10.1 Å². The zero-order valence-electron chi connectivity index (χ0n) is 8.09. The lowest BCUT2D eigenvalue weighted by Crippen LogP contribution is -2.38. The third-order valence-electron chi connectivity index (χ3n) is 2.56. The second kappa shape index (κ2) is 5.53. The number of hydrogen-bond donors (Lipinski definition) is 1. The predicted octanol–water partition coefficient (Wildman–Crippen LogP) is 1.86. The molecular weight excluding hydrogens is 297 g/mol. The van der Waals surface area contributed by atoms with Crippen LogP contribution in [0.3, 0.4) is 0 Å². The van der Waals surface area contributed by atoms with Gasteiger partial charge in [0.25, 0.3) is 0 Å². The van der Waals surface area contributed by atoms with Crippen LogP contribution in [0.2, 0.25) is 0 Å². The van der Waals surface area contributed by atoms with Crippen molar-refractivity contribution in [2.45, 2.75) is 31.7 Å². The molecule has 0 aromatic heterocycles. The monoisotopic (exact) mass is 311 g/mol. The van der Waals surface area contributed by atoms with Crippen molar-refractivity contribution in [3.8, 4) is 0 Å². The number of methoxy groups -OCH3 is 1. The minimum Gasteiger partial charge on any atom is -0.453 e. The Balaban J connectivity index is 2.29. The number of ether oxygens (including phenoxy) is 1. The van der Waals surface area contributed by atoms with E-state index in [-0.39, 0.29) is 21.8 Å². The van der Waals surface area contributed by atoms with E-state index < -0.39 is 0 Å². The zero-order chi connectivity index (χ0) is 10.6. The number of alkyl carbamates (subject to hydrolysis) is 1. The highest BCUT2D eigenvalue weighted by atomic mass is 127. The van der Waals surface area contributed by atoms with Gasteiger partial charge in [0.2, 0.25) is 0 Å². The minimum absolute atomic E-state index is 0.175. The highest BCUT2D eigenvalue weighted by molar-refractivity contribution is 14.1. The van der Waals surface area contributed by atoms with Crippen molar-refractivity contribution >= 4 is 32.5 Å². The maximum absolute atomic E-state index is 11.1. The SMILES string of the molecule is COC(=O)NC1CCC(C(=O)I)CC1. The van der Waals surface area contributed by atoms with Crippen molar-refractivity contribution in [1.82, 2.24) is 5.32 Å². The van der Waals surface area contributed by atoms with Crippen molar-refractivity contribution in [2.24, 2.45) is 5.92 Å². The van der Waals surface area contributed by atoms with Crippen LogP contribution >= 0.6 is 22.6 Å². The fourth-order valence-electron chi connectivity index (χ4n) is 1.69. The van der Waals surface area contributed by atoms with E-state index in [9.17, 15) is 9.59 Å². The summed E-state index contributed by atoms with van der Waals surface area (Å²) in [4.78, 5) is 22.0. The number of halogens is 1. The molecule has 0 aliphatic heterocycles. The summed E-state index contributed by atoms with van der Waals surface area (Å²) in [5, 5.41) is 2.75. The van der Waals surface area contributed by atoms with Crippen molar-refractivity contribution in [3.63, 3.8) is 0 Å². The Morgan fingerprint density at radius 1 is 1.29 bits per heavy atom. The first kappa shape index (κ1) is 11.7. The number of rotatable bonds is 2. The van der Waals surface area contributed by atoms with Crippen LogP contribution in [-0.4, -0.2) is 23.0 Å². The first-order valence-corrected chi connectivity index (χ1v) is 5.75. The van der Waals surface area contributed by atoms with E-state index in [4.69, 9.17) is 0 Å². The van der Waals surface area contributed by atoms with Gasteiger partial charge in [0, 0.05) is 12.0 Å². The van der Waals surface area contributed by atoms with E-state index >= 15 is 0 Å². The van der Waals surface area contributed by atoms with Gasteiger partial charge in [-0.3, -0.25) is 4.79 Å². The number of amides is 1. The topological polar surface area (TPSA) is 55.4 Å². The Bertz CT molecular complexity index is 224. The van der Waals surface area contributed by atoms with Gasteiger partial charge in [-0.2, -0.15) is 0 Å². The minimum atomic E-state index is -0.380. The fourth-order valence-corrected chi connectivity index (χ4v) is 2.31. The Morgan fingerprint density at radius 3 is 2.29 bits per heavy atom. The van der Waals surface area contributed by atoms with Gasteiger partial charge in [-0.15, -0.1) is 0 Å². The molecule has 0 radical (unpaired) electrons. The maximum atomic E-state index is 11.1. The highest BCUT2D eigenvalue weighted by Gasteiger charge is 2.25. The number of hydrogen-bond acceptors (Lipinski definition) is 3. The average molecular weight is 311 g/mol. The lowest BCUT2D eigenvalue weighted by Gasteiger charge is -2.26. The van der Waals surface area contributed by atoms with Gasteiger partial charge in [0.15, 0.2) is 3.79 Å². The van der Waals surface area contributed by atoms with Crippen molar-refractivity contribution in [3.05, 3.63) is 0 Å². The molecule has 0 aromatic rings. The van der Waals surface area contributed by atoms with Crippen LogP contribution < -0.4 is 5.32 Å². The van der Waals surface area contributed by atoms with E-state index in [0.29, 0.717) is 0 Å². The molecule has 1 fully saturated rings. The van der Waals surface area contributed by atoms with Gasteiger partial charge in [0.05, 0.1) is 7.11 Å². The summed E-state index contributed by atoms with van der Waals surface area (Å²) >= 11 is 1.85. The Hall–Kier alpha value is -0.330. The normalized spacial score (nSPS) is 26.7. The molecule has 14 heavy (non-hydrogen) atoms. The van der Waals surface area contributed by atoms with Crippen molar-refractivity contribution in [1.29, 1.82) is 0 Å². The summed E-state index contributed by atoms with van der Waals surface area (Å²) in [6.45, 7) is 0. The van der Waals surface area contributed by atoms with Gasteiger partial charge in [-0.1, -0.05) is 0 Å². The molecule has 4 nitrogen and oxygen atoms in total. The lowest BCUT2D eigenvalue weighted by molar-refractivity contribution is -0.113. The molecule has 0 atom stereocenters. The molecule has 1 aliphatic rings. The lowest BCUT2D eigenvalue weighted by atomic mass is 9.87. The summed E-state index contributed by atoms with van der Waals surface area (Å²) in [5.41, 5.74) is 0. The largest absolute Gasteiger partial charge is 0.453 e. The molecule has 1 aliphatic carbocycles. The van der Waals surface area contributed by atoms with Crippen molar-refractivity contribution < 1.29 is 14.3 Å². The van der Waals surface area contributed by atoms with Crippen LogP contribution in [0.15, 0.2) is 0 Å². The standard InChI is InChI=1S/C9H14INO3/c1-14-9(13)11-7-4-2-6(3-5-7)8(10)12/h6-7H,2-5H2,1H3,(H,11,13). The predicted molar refractivity (Wildman–Crippen MR) is 60.3 cm³/mol. The van der Waals surface area contributed by atoms with E-state index in [1.165, 1.54) is 7.11 Å². The van der Waals surface area contributed by atoms with Crippen LogP contribution in [0, 0.1) is 5.92 Å². The third-order valence-corrected chi connectivity index (χ3v) is 3.44. The first-order valence-electron chi connectivity index (χ1n) is 4.67. The molecule has 0 aromatic carbocycles. The summed E-state index contributed by atoms with van der Waals surface area (Å²) in [6, 6.07) is 0.175. The fraction of sp³-hybridized carbons (Fsp3) is 0.778. The summed E-state index contributed by atoms with van der Waals surface area (Å²) < 4.78 is 4.74. The molecule has 0 saturated heterocycles. The zero-order valence-corrected chi connectivity index (χ0v) is 10.2. The second-order valence-electron chi connectivity index (χ2n) is 3.49. The van der Waals surface area contributed by atoms with Gasteiger partial charge in [-0.05, 0) is 48.3 Å². The molecule has 0 bridgehead atoms. The third kappa shape index (κ3) is 3.43. The number of carbonyl (C=O) groups is 2. The molecule has 0 heterocycles. The highest BCUT2D eigenvalue weighted by Crippen LogP contribution is 2.26. The van der Waals surface area contributed by atoms with E-state index in [2.05, 4.69) is 10.1 Å². The molecule has 0 unspecified atom stereocenters. The van der Waals surface area contributed by atoms with Gasteiger partial charge in [-0.25, -0.2) is 4.79 Å². The summed E-state index contributed by atoms with van der Waals surface area (Å²) in [7, 11) is 1.36. The number of nitrogens with one attached hydrogen (secondary N) is 1. The van der Waals surface area contributed by atoms with E-state index in [0.717, 1.165) is 25.7 Å². The number of carbonyl (C=O) groups excluding carboxylic acids is 2.